The average molecular weight is 271 g/mol. The molecule has 0 spiro atoms. The molecule has 106 valence electrons. The molecule has 1 aliphatic heterocycles. The largest absolute Gasteiger partial charge is 0.334 e. The highest BCUT2D eigenvalue weighted by atomic mass is 16.5. The van der Waals surface area contributed by atoms with E-state index in [4.69, 9.17) is 4.52 Å². The number of nitrogens with zero attached hydrogens (tertiary/aromatic N) is 2. The second kappa shape index (κ2) is 5.75. The van der Waals surface area contributed by atoms with E-state index in [2.05, 4.69) is 41.4 Å². The van der Waals surface area contributed by atoms with Crippen molar-refractivity contribution < 1.29 is 4.52 Å². The summed E-state index contributed by atoms with van der Waals surface area (Å²) in [6.07, 6.45) is 3.40. The van der Waals surface area contributed by atoms with Gasteiger partial charge in [-0.3, -0.25) is 0 Å². The van der Waals surface area contributed by atoms with Crippen LogP contribution in [0.15, 0.2) is 22.7 Å². The lowest BCUT2D eigenvalue weighted by Crippen LogP contribution is -2.31. The standard InChI is InChI=1S/C16H21N3O/c1-11-5-6-14(8-12(11)2)16-18-15(19-20-16)9-13-4-3-7-17-10-13/h5-6,8,13,17H,3-4,7,9-10H2,1-2H3. The Kier molecular flexibility index (Phi) is 3.83. The maximum Gasteiger partial charge on any atom is 0.257 e. The lowest BCUT2D eigenvalue weighted by Gasteiger charge is -2.20. The number of hydrogen-bond donors (Lipinski definition) is 1. The van der Waals surface area contributed by atoms with Crippen LogP contribution in [0.2, 0.25) is 0 Å². The van der Waals surface area contributed by atoms with Gasteiger partial charge in [-0.05, 0) is 69.0 Å². The molecule has 0 saturated carbocycles. The summed E-state index contributed by atoms with van der Waals surface area (Å²) in [5, 5.41) is 7.55. The maximum atomic E-state index is 5.41. The molecule has 1 fully saturated rings. The van der Waals surface area contributed by atoms with Crippen molar-refractivity contribution in [2.75, 3.05) is 13.1 Å². The summed E-state index contributed by atoms with van der Waals surface area (Å²) in [5.74, 6) is 2.09. The van der Waals surface area contributed by atoms with Crippen LogP contribution >= 0.6 is 0 Å². The number of aromatic nitrogens is 2. The lowest BCUT2D eigenvalue weighted by molar-refractivity contribution is 0.360. The van der Waals surface area contributed by atoms with Crippen LogP contribution in [0.4, 0.5) is 0 Å². The Morgan fingerprint density at radius 2 is 2.20 bits per heavy atom. The molecular weight excluding hydrogens is 250 g/mol. The third kappa shape index (κ3) is 2.90. The van der Waals surface area contributed by atoms with E-state index >= 15 is 0 Å². The molecule has 1 aromatic carbocycles. The fourth-order valence-electron chi connectivity index (χ4n) is 2.68. The van der Waals surface area contributed by atoms with Crippen molar-refractivity contribution >= 4 is 0 Å². The molecule has 2 heterocycles. The molecule has 0 amide bonds. The highest BCUT2D eigenvalue weighted by Gasteiger charge is 2.17. The SMILES string of the molecule is Cc1ccc(-c2nc(CC3CCCNC3)no2)cc1C. The summed E-state index contributed by atoms with van der Waals surface area (Å²) in [4.78, 5) is 4.54. The smallest absolute Gasteiger partial charge is 0.257 e. The normalized spacial score (nSPS) is 19.2. The van der Waals surface area contributed by atoms with E-state index in [0.717, 1.165) is 30.9 Å². The van der Waals surface area contributed by atoms with E-state index in [1.54, 1.807) is 0 Å². The molecule has 4 heteroatoms. The molecule has 20 heavy (non-hydrogen) atoms. The predicted octanol–water partition coefficient (Wildman–Crippen LogP) is 2.90. The molecule has 1 aromatic heterocycles. The lowest BCUT2D eigenvalue weighted by atomic mass is 9.96. The average Bonchev–Trinajstić information content (AvgIpc) is 2.91. The predicted molar refractivity (Wildman–Crippen MR) is 78.5 cm³/mol. The maximum absolute atomic E-state index is 5.41. The van der Waals surface area contributed by atoms with E-state index in [0.29, 0.717) is 11.8 Å². The zero-order valence-corrected chi connectivity index (χ0v) is 12.1. The summed E-state index contributed by atoms with van der Waals surface area (Å²) in [6.45, 7) is 6.41. The zero-order valence-electron chi connectivity index (χ0n) is 12.1. The van der Waals surface area contributed by atoms with Crippen LogP contribution in [0.25, 0.3) is 11.5 Å². The molecule has 3 rings (SSSR count). The Morgan fingerprint density at radius 1 is 1.30 bits per heavy atom. The first-order valence-electron chi connectivity index (χ1n) is 7.33. The van der Waals surface area contributed by atoms with Crippen molar-refractivity contribution in [1.82, 2.24) is 15.5 Å². The monoisotopic (exact) mass is 271 g/mol. The van der Waals surface area contributed by atoms with Gasteiger partial charge in [0.25, 0.3) is 5.89 Å². The van der Waals surface area contributed by atoms with E-state index in [1.165, 1.54) is 24.0 Å². The van der Waals surface area contributed by atoms with E-state index in [-0.39, 0.29) is 0 Å². The van der Waals surface area contributed by atoms with Crippen molar-refractivity contribution in [3.05, 3.63) is 35.2 Å². The Bertz CT molecular complexity index is 585. The molecule has 1 unspecified atom stereocenters. The van der Waals surface area contributed by atoms with Crippen LogP contribution in [0.5, 0.6) is 0 Å². The minimum absolute atomic E-state index is 0.631. The molecule has 1 aliphatic rings. The highest BCUT2D eigenvalue weighted by Crippen LogP contribution is 2.22. The molecular formula is C16H21N3O. The molecule has 0 radical (unpaired) electrons. The van der Waals surface area contributed by atoms with Gasteiger partial charge >= 0.3 is 0 Å². The fourth-order valence-corrected chi connectivity index (χ4v) is 2.68. The third-order valence-electron chi connectivity index (χ3n) is 4.09. The third-order valence-corrected chi connectivity index (χ3v) is 4.09. The molecule has 2 aromatic rings. The molecule has 4 nitrogen and oxygen atoms in total. The second-order valence-corrected chi connectivity index (χ2v) is 5.73. The van der Waals surface area contributed by atoms with Crippen LogP contribution < -0.4 is 5.32 Å². The van der Waals surface area contributed by atoms with Gasteiger partial charge in [-0.25, -0.2) is 0 Å². The minimum atomic E-state index is 0.631. The van der Waals surface area contributed by atoms with Gasteiger partial charge in [0.1, 0.15) is 0 Å². The summed E-state index contributed by atoms with van der Waals surface area (Å²) < 4.78 is 5.41. The second-order valence-electron chi connectivity index (χ2n) is 5.73. The van der Waals surface area contributed by atoms with Crippen LogP contribution in [0, 0.1) is 19.8 Å². The first-order valence-corrected chi connectivity index (χ1v) is 7.33. The number of piperidine rings is 1. The number of aryl methyl sites for hydroxylation is 2. The van der Waals surface area contributed by atoms with Gasteiger partial charge in [0, 0.05) is 12.0 Å². The molecule has 0 aliphatic carbocycles. The number of nitrogens with one attached hydrogen (secondary N) is 1. The summed E-state index contributed by atoms with van der Waals surface area (Å²) in [6, 6.07) is 6.25. The van der Waals surface area contributed by atoms with Crippen molar-refractivity contribution in [2.45, 2.75) is 33.1 Å². The first kappa shape index (κ1) is 13.3. The summed E-state index contributed by atoms with van der Waals surface area (Å²) >= 11 is 0. The number of rotatable bonds is 3. The molecule has 0 bridgehead atoms. The minimum Gasteiger partial charge on any atom is -0.334 e. The fraction of sp³-hybridized carbons (Fsp3) is 0.500. The van der Waals surface area contributed by atoms with Crippen LogP contribution in [-0.4, -0.2) is 23.2 Å². The quantitative estimate of drug-likeness (QED) is 0.932. The molecule has 1 N–H and O–H groups in total. The molecule has 1 atom stereocenters. The Labute approximate surface area is 119 Å². The van der Waals surface area contributed by atoms with Crippen molar-refractivity contribution in [3.8, 4) is 11.5 Å². The van der Waals surface area contributed by atoms with Gasteiger partial charge in [-0.1, -0.05) is 11.2 Å². The Balaban J connectivity index is 1.73. The van der Waals surface area contributed by atoms with Crippen LogP contribution in [0.1, 0.15) is 29.8 Å². The van der Waals surface area contributed by atoms with Gasteiger partial charge in [0.2, 0.25) is 0 Å². The number of benzene rings is 1. The van der Waals surface area contributed by atoms with Gasteiger partial charge < -0.3 is 9.84 Å². The summed E-state index contributed by atoms with van der Waals surface area (Å²) in [7, 11) is 0. The molecule has 1 saturated heterocycles. The van der Waals surface area contributed by atoms with Crippen LogP contribution in [-0.2, 0) is 6.42 Å². The Morgan fingerprint density at radius 3 is 2.95 bits per heavy atom. The van der Waals surface area contributed by atoms with E-state index in [1.807, 2.05) is 6.07 Å². The first-order chi connectivity index (χ1) is 9.72. The topological polar surface area (TPSA) is 51.0 Å². The van der Waals surface area contributed by atoms with Crippen molar-refractivity contribution in [2.24, 2.45) is 5.92 Å². The van der Waals surface area contributed by atoms with Gasteiger partial charge in [-0.2, -0.15) is 4.98 Å². The van der Waals surface area contributed by atoms with Gasteiger partial charge in [-0.15, -0.1) is 0 Å². The summed E-state index contributed by atoms with van der Waals surface area (Å²) in [5.41, 5.74) is 3.54. The van der Waals surface area contributed by atoms with E-state index in [9.17, 15) is 0 Å². The van der Waals surface area contributed by atoms with E-state index < -0.39 is 0 Å². The van der Waals surface area contributed by atoms with Crippen molar-refractivity contribution in [1.29, 1.82) is 0 Å². The Hall–Kier alpha value is -1.68. The van der Waals surface area contributed by atoms with Gasteiger partial charge in [0.15, 0.2) is 5.82 Å². The van der Waals surface area contributed by atoms with Crippen LogP contribution in [0.3, 0.4) is 0 Å². The zero-order chi connectivity index (χ0) is 13.9. The number of hydrogen-bond acceptors (Lipinski definition) is 4. The van der Waals surface area contributed by atoms with Crippen molar-refractivity contribution in [3.63, 3.8) is 0 Å². The van der Waals surface area contributed by atoms with Gasteiger partial charge in [0.05, 0.1) is 0 Å². The highest BCUT2D eigenvalue weighted by molar-refractivity contribution is 5.55.